The van der Waals surface area contributed by atoms with Crippen molar-refractivity contribution in [3.8, 4) is 17.2 Å². The van der Waals surface area contributed by atoms with Crippen molar-refractivity contribution < 1.29 is 27.1 Å². The SMILES string of the molecule is CNc1ccc(OC)c(SNc2ccc(C(F)(F)F)cc2)c1.O=Cc1cnc(-c2ccccc2)o1. The maximum atomic E-state index is 12.5. The normalized spacial score (nSPS) is 10.7. The zero-order valence-corrected chi connectivity index (χ0v) is 19.6. The number of halogens is 3. The third-order valence-electron chi connectivity index (χ3n) is 4.60. The van der Waals surface area contributed by atoms with Crippen molar-refractivity contribution in [1.29, 1.82) is 0 Å². The van der Waals surface area contributed by atoms with Crippen LogP contribution in [0.5, 0.6) is 5.75 Å². The average Bonchev–Trinajstić information content (AvgIpc) is 3.37. The summed E-state index contributed by atoms with van der Waals surface area (Å²) >= 11 is 1.27. The molecule has 0 aliphatic carbocycles. The van der Waals surface area contributed by atoms with Crippen LogP contribution >= 0.6 is 11.9 Å². The second-order valence-corrected chi connectivity index (χ2v) is 7.79. The molecule has 0 saturated carbocycles. The number of aldehydes is 1. The summed E-state index contributed by atoms with van der Waals surface area (Å²) in [7, 11) is 3.37. The van der Waals surface area contributed by atoms with Crippen LogP contribution in [0.15, 0.2) is 88.3 Å². The summed E-state index contributed by atoms with van der Waals surface area (Å²) in [5.41, 5.74) is 1.70. The number of hydrogen-bond donors (Lipinski definition) is 2. The van der Waals surface area contributed by atoms with Crippen molar-refractivity contribution >= 4 is 29.6 Å². The van der Waals surface area contributed by atoms with Gasteiger partial charge in [0.2, 0.25) is 5.89 Å². The fraction of sp³-hybridized carbons (Fsp3) is 0.120. The molecule has 6 nitrogen and oxygen atoms in total. The molecule has 0 atom stereocenters. The van der Waals surface area contributed by atoms with Gasteiger partial charge in [0.05, 0.1) is 23.8 Å². The topological polar surface area (TPSA) is 76.4 Å². The van der Waals surface area contributed by atoms with Crippen LogP contribution in [0, 0.1) is 0 Å². The van der Waals surface area contributed by atoms with E-state index in [-0.39, 0.29) is 5.76 Å². The maximum Gasteiger partial charge on any atom is 0.416 e. The van der Waals surface area contributed by atoms with Gasteiger partial charge in [-0.3, -0.25) is 4.79 Å². The second-order valence-electron chi connectivity index (χ2n) is 6.95. The summed E-state index contributed by atoms with van der Waals surface area (Å²) in [6.07, 6.45) is -2.27. The molecule has 4 rings (SSSR count). The smallest absolute Gasteiger partial charge is 0.416 e. The number of carbonyl (C=O) groups is 1. The zero-order chi connectivity index (χ0) is 25.3. The van der Waals surface area contributed by atoms with E-state index in [4.69, 9.17) is 9.15 Å². The number of methoxy groups -OCH3 is 1. The van der Waals surface area contributed by atoms with E-state index < -0.39 is 11.7 Å². The molecule has 0 unspecified atom stereocenters. The number of anilines is 2. The molecule has 4 aromatic rings. The number of oxazole rings is 1. The van der Waals surface area contributed by atoms with Crippen LogP contribution in [0.3, 0.4) is 0 Å². The Balaban J connectivity index is 0.000000223. The monoisotopic (exact) mass is 501 g/mol. The highest BCUT2D eigenvalue weighted by Gasteiger charge is 2.29. The summed E-state index contributed by atoms with van der Waals surface area (Å²) in [5, 5.41) is 3.02. The lowest BCUT2D eigenvalue weighted by molar-refractivity contribution is -0.137. The van der Waals surface area contributed by atoms with E-state index in [1.165, 1.54) is 30.3 Å². The number of benzene rings is 3. The molecule has 35 heavy (non-hydrogen) atoms. The number of aromatic nitrogens is 1. The summed E-state index contributed by atoms with van der Waals surface area (Å²) in [4.78, 5) is 15.1. The van der Waals surface area contributed by atoms with Crippen LogP contribution in [-0.2, 0) is 6.18 Å². The van der Waals surface area contributed by atoms with Crippen LogP contribution in [0.25, 0.3) is 11.5 Å². The van der Waals surface area contributed by atoms with Crippen molar-refractivity contribution in [3.63, 3.8) is 0 Å². The van der Waals surface area contributed by atoms with E-state index in [2.05, 4.69) is 15.0 Å². The molecule has 1 aromatic heterocycles. The van der Waals surface area contributed by atoms with Gasteiger partial charge in [-0.15, -0.1) is 0 Å². The Kier molecular flexibility index (Phi) is 8.80. The summed E-state index contributed by atoms with van der Waals surface area (Å²) in [6.45, 7) is 0. The van der Waals surface area contributed by atoms with Crippen molar-refractivity contribution in [2.24, 2.45) is 0 Å². The molecule has 2 N–H and O–H groups in total. The molecular weight excluding hydrogens is 479 g/mol. The molecule has 0 amide bonds. The Morgan fingerprint density at radius 2 is 1.69 bits per heavy atom. The molecule has 1 heterocycles. The number of rotatable bonds is 7. The number of carbonyl (C=O) groups excluding carboxylic acids is 1. The molecule has 0 aliphatic rings. The van der Waals surface area contributed by atoms with Gasteiger partial charge in [-0.2, -0.15) is 13.2 Å². The second kappa shape index (κ2) is 12.0. The van der Waals surface area contributed by atoms with Gasteiger partial charge >= 0.3 is 6.18 Å². The lowest BCUT2D eigenvalue weighted by atomic mass is 10.2. The van der Waals surface area contributed by atoms with Gasteiger partial charge in [0.1, 0.15) is 5.75 Å². The first-order chi connectivity index (χ1) is 16.8. The number of hydrogen-bond acceptors (Lipinski definition) is 7. The van der Waals surface area contributed by atoms with E-state index in [0.717, 1.165) is 28.3 Å². The Morgan fingerprint density at radius 3 is 2.26 bits per heavy atom. The molecular formula is C25H22F3N3O3S. The Hall–Kier alpha value is -3.92. The maximum absolute atomic E-state index is 12.5. The molecule has 182 valence electrons. The van der Waals surface area contributed by atoms with E-state index in [0.29, 0.717) is 23.6 Å². The predicted molar refractivity (Wildman–Crippen MR) is 131 cm³/mol. The highest BCUT2D eigenvalue weighted by atomic mass is 32.2. The van der Waals surface area contributed by atoms with Gasteiger partial charge < -0.3 is 19.2 Å². The largest absolute Gasteiger partial charge is 0.496 e. The minimum Gasteiger partial charge on any atom is -0.496 e. The Bertz CT molecular complexity index is 1230. The van der Waals surface area contributed by atoms with Gasteiger partial charge in [0.25, 0.3) is 0 Å². The zero-order valence-electron chi connectivity index (χ0n) is 18.8. The quantitative estimate of drug-likeness (QED) is 0.208. The van der Waals surface area contributed by atoms with Crippen LogP contribution < -0.4 is 14.8 Å². The fourth-order valence-electron chi connectivity index (χ4n) is 2.81. The number of nitrogens with zero attached hydrogens (tertiary/aromatic N) is 1. The van der Waals surface area contributed by atoms with E-state index >= 15 is 0 Å². The minimum absolute atomic E-state index is 0.249. The van der Waals surface area contributed by atoms with Crippen molar-refractivity contribution in [1.82, 2.24) is 4.98 Å². The standard InChI is InChI=1S/C15H15F3N2OS.C10H7NO2/c1-19-12-7-8-13(21-2)14(9-12)22-20-11-5-3-10(4-6-11)15(16,17)18;12-7-9-6-11-10(13-9)8-4-2-1-3-5-8/h3-9,19-20H,1-2H3;1-7H. The van der Waals surface area contributed by atoms with Crippen molar-refractivity contribution in [2.75, 3.05) is 24.2 Å². The fourth-order valence-corrected chi connectivity index (χ4v) is 3.61. The van der Waals surface area contributed by atoms with E-state index in [1.807, 2.05) is 48.5 Å². The molecule has 0 radical (unpaired) electrons. The molecule has 0 aliphatic heterocycles. The summed E-state index contributed by atoms with van der Waals surface area (Å²) < 4.78 is 50.9. The number of ether oxygens (including phenoxy) is 1. The predicted octanol–water partition coefficient (Wildman–Crippen LogP) is 7.03. The molecule has 0 saturated heterocycles. The highest BCUT2D eigenvalue weighted by molar-refractivity contribution is 8.00. The van der Waals surface area contributed by atoms with Gasteiger partial charge in [-0.05, 0) is 66.5 Å². The third kappa shape index (κ3) is 7.28. The van der Waals surface area contributed by atoms with Crippen molar-refractivity contribution in [2.45, 2.75) is 11.1 Å². The minimum atomic E-state index is -4.32. The van der Waals surface area contributed by atoms with E-state index in [1.54, 1.807) is 14.2 Å². The lowest BCUT2D eigenvalue weighted by Crippen LogP contribution is -2.04. The van der Waals surface area contributed by atoms with Crippen LogP contribution in [0.4, 0.5) is 24.5 Å². The Morgan fingerprint density at radius 1 is 1.00 bits per heavy atom. The molecule has 0 fully saturated rings. The highest BCUT2D eigenvalue weighted by Crippen LogP contribution is 2.34. The van der Waals surface area contributed by atoms with Crippen LogP contribution in [0.1, 0.15) is 16.1 Å². The summed E-state index contributed by atoms with van der Waals surface area (Å²) in [5.74, 6) is 1.41. The van der Waals surface area contributed by atoms with E-state index in [9.17, 15) is 18.0 Å². The lowest BCUT2D eigenvalue weighted by Gasteiger charge is -2.12. The summed E-state index contributed by atoms with van der Waals surface area (Å²) in [6, 6.07) is 19.9. The molecule has 10 heteroatoms. The first-order valence-electron chi connectivity index (χ1n) is 10.3. The van der Waals surface area contributed by atoms with Gasteiger partial charge in [-0.25, -0.2) is 4.98 Å². The Labute approximate surface area is 204 Å². The van der Waals surface area contributed by atoms with Crippen molar-refractivity contribution in [3.05, 3.63) is 90.3 Å². The molecule has 0 spiro atoms. The molecule has 0 bridgehead atoms. The first-order valence-corrected chi connectivity index (χ1v) is 11.1. The van der Waals surface area contributed by atoms with Crippen LogP contribution in [-0.4, -0.2) is 25.4 Å². The average molecular weight is 502 g/mol. The first kappa shape index (κ1) is 25.7. The van der Waals surface area contributed by atoms with Crippen LogP contribution in [0.2, 0.25) is 0 Å². The van der Waals surface area contributed by atoms with Gasteiger partial charge in [0, 0.05) is 24.0 Å². The van der Waals surface area contributed by atoms with Gasteiger partial charge in [0.15, 0.2) is 12.0 Å². The molecule has 3 aromatic carbocycles. The van der Waals surface area contributed by atoms with Gasteiger partial charge in [-0.1, -0.05) is 18.2 Å². The number of nitrogens with one attached hydrogen (secondary N) is 2. The third-order valence-corrected chi connectivity index (χ3v) is 5.48. The number of alkyl halides is 3.